The fourth-order valence-electron chi connectivity index (χ4n) is 2.41. The molecule has 0 radical (unpaired) electrons. The van der Waals surface area contributed by atoms with Crippen LogP contribution in [0.2, 0.25) is 0 Å². The fourth-order valence-corrected chi connectivity index (χ4v) is 2.41. The maximum atomic E-state index is 11.9. The van der Waals surface area contributed by atoms with E-state index in [1.54, 1.807) is 24.3 Å². The normalized spacial score (nSPS) is 18.3. The minimum Gasteiger partial charge on any atom is -0.399 e. The Balaban J connectivity index is 1.92. The minimum atomic E-state index is -0.728. The van der Waals surface area contributed by atoms with Gasteiger partial charge in [-0.15, -0.1) is 0 Å². The molecule has 0 unspecified atom stereocenters. The molecule has 18 heavy (non-hydrogen) atoms. The number of hydrogen-bond acceptors (Lipinski definition) is 3. The third-order valence-corrected chi connectivity index (χ3v) is 3.51. The van der Waals surface area contributed by atoms with Gasteiger partial charge in [-0.25, -0.2) is 0 Å². The highest BCUT2D eigenvalue weighted by Crippen LogP contribution is 2.27. The van der Waals surface area contributed by atoms with Gasteiger partial charge in [-0.3, -0.25) is 4.79 Å². The van der Waals surface area contributed by atoms with Gasteiger partial charge in [-0.1, -0.05) is 25.3 Å². The summed E-state index contributed by atoms with van der Waals surface area (Å²) in [7, 11) is 0. The number of benzene rings is 1. The first-order valence-corrected chi connectivity index (χ1v) is 6.45. The Kier molecular flexibility index (Phi) is 3.87. The molecule has 2 rings (SSSR count). The van der Waals surface area contributed by atoms with Crippen molar-refractivity contribution in [3.8, 4) is 0 Å². The standard InChI is InChI=1S/C14H20N2O2/c15-12-6-4-5-11(9-12)13(17)16-10-14(18)7-2-1-3-8-14/h4-6,9,18H,1-3,7-8,10,15H2,(H,16,17). The number of nitrogens with two attached hydrogens (primary N) is 1. The molecule has 4 nitrogen and oxygen atoms in total. The van der Waals surface area contributed by atoms with E-state index in [0.29, 0.717) is 17.8 Å². The molecule has 0 atom stereocenters. The van der Waals surface area contributed by atoms with Crippen molar-refractivity contribution in [2.75, 3.05) is 12.3 Å². The SMILES string of the molecule is Nc1cccc(C(=O)NCC2(O)CCCCC2)c1. The number of anilines is 1. The molecule has 1 aliphatic rings. The average molecular weight is 248 g/mol. The van der Waals surface area contributed by atoms with E-state index in [1.165, 1.54) is 6.42 Å². The lowest BCUT2D eigenvalue weighted by atomic mass is 9.85. The first-order valence-electron chi connectivity index (χ1n) is 6.45. The van der Waals surface area contributed by atoms with Gasteiger partial charge in [0, 0.05) is 17.8 Å². The molecule has 1 aromatic rings. The van der Waals surface area contributed by atoms with Crippen LogP contribution in [-0.2, 0) is 0 Å². The third kappa shape index (κ3) is 3.23. The third-order valence-electron chi connectivity index (χ3n) is 3.51. The molecule has 98 valence electrons. The lowest BCUT2D eigenvalue weighted by Gasteiger charge is -2.32. The van der Waals surface area contributed by atoms with Crippen LogP contribution in [-0.4, -0.2) is 23.2 Å². The molecule has 4 heteroatoms. The number of amides is 1. The van der Waals surface area contributed by atoms with Crippen LogP contribution < -0.4 is 11.1 Å². The average Bonchev–Trinajstić information content (AvgIpc) is 2.37. The molecule has 0 heterocycles. The molecule has 1 aromatic carbocycles. The second-order valence-electron chi connectivity index (χ2n) is 5.09. The first-order chi connectivity index (χ1) is 8.59. The lowest BCUT2D eigenvalue weighted by Crippen LogP contribution is -2.44. The molecule has 1 saturated carbocycles. The van der Waals surface area contributed by atoms with Crippen LogP contribution in [0, 0.1) is 0 Å². The smallest absolute Gasteiger partial charge is 0.251 e. The number of carbonyl (C=O) groups excluding carboxylic acids is 1. The predicted octanol–water partition coefficient (Wildman–Crippen LogP) is 1.69. The molecule has 0 aromatic heterocycles. The summed E-state index contributed by atoms with van der Waals surface area (Å²) < 4.78 is 0. The molecule has 0 aliphatic heterocycles. The van der Waals surface area contributed by atoms with Crippen molar-refractivity contribution in [1.82, 2.24) is 5.32 Å². The molecule has 1 fully saturated rings. The van der Waals surface area contributed by atoms with E-state index in [9.17, 15) is 9.90 Å². The zero-order valence-electron chi connectivity index (χ0n) is 10.5. The highest BCUT2D eigenvalue weighted by molar-refractivity contribution is 5.95. The minimum absolute atomic E-state index is 0.179. The van der Waals surface area contributed by atoms with Crippen molar-refractivity contribution < 1.29 is 9.90 Å². The largest absolute Gasteiger partial charge is 0.399 e. The summed E-state index contributed by atoms with van der Waals surface area (Å²) in [6.45, 7) is 0.320. The van der Waals surface area contributed by atoms with Crippen molar-refractivity contribution >= 4 is 11.6 Å². The Morgan fingerprint density at radius 2 is 2.06 bits per heavy atom. The zero-order chi connectivity index (χ0) is 13.0. The van der Waals surface area contributed by atoms with Gasteiger partial charge in [0.15, 0.2) is 0 Å². The van der Waals surface area contributed by atoms with E-state index in [0.717, 1.165) is 25.7 Å². The summed E-state index contributed by atoms with van der Waals surface area (Å²) in [6.07, 6.45) is 4.77. The van der Waals surface area contributed by atoms with Crippen molar-refractivity contribution in [2.24, 2.45) is 0 Å². The molecule has 4 N–H and O–H groups in total. The second-order valence-corrected chi connectivity index (χ2v) is 5.09. The van der Waals surface area contributed by atoms with E-state index in [2.05, 4.69) is 5.32 Å². The number of aliphatic hydroxyl groups is 1. The topological polar surface area (TPSA) is 75.4 Å². The van der Waals surface area contributed by atoms with Crippen LogP contribution in [0.5, 0.6) is 0 Å². The zero-order valence-corrected chi connectivity index (χ0v) is 10.5. The van der Waals surface area contributed by atoms with Crippen LogP contribution in [0.25, 0.3) is 0 Å². The summed E-state index contributed by atoms with van der Waals surface area (Å²) in [5.74, 6) is -0.179. The molecule has 1 amide bonds. The van der Waals surface area contributed by atoms with E-state index in [1.807, 2.05) is 0 Å². The molecular formula is C14H20N2O2. The van der Waals surface area contributed by atoms with Crippen molar-refractivity contribution in [2.45, 2.75) is 37.7 Å². The highest BCUT2D eigenvalue weighted by Gasteiger charge is 2.29. The first kappa shape index (κ1) is 12.9. The van der Waals surface area contributed by atoms with Gasteiger partial charge in [-0.05, 0) is 31.0 Å². The van der Waals surface area contributed by atoms with E-state index in [-0.39, 0.29) is 5.91 Å². The summed E-state index contributed by atoms with van der Waals surface area (Å²) in [4.78, 5) is 11.9. The second kappa shape index (κ2) is 5.40. The molecule has 0 saturated heterocycles. The Hall–Kier alpha value is -1.55. The number of nitrogen functional groups attached to an aromatic ring is 1. The number of rotatable bonds is 3. The van der Waals surface area contributed by atoms with Gasteiger partial charge in [0.1, 0.15) is 0 Å². The molecule has 1 aliphatic carbocycles. The van der Waals surface area contributed by atoms with Gasteiger partial charge in [-0.2, -0.15) is 0 Å². The van der Waals surface area contributed by atoms with Crippen molar-refractivity contribution in [3.63, 3.8) is 0 Å². The van der Waals surface area contributed by atoms with Crippen LogP contribution in [0.4, 0.5) is 5.69 Å². The van der Waals surface area contributed by atoms with E-state index in [4.69, 9.17) is 5.73 Å². The molecule has 0 spiro atoms. The lowest BCUT2D eigenvalue weighted by molar-refractivity contribution is 0.00526. The van der Waals surface area contributed by atoms with Gasteiger partial charge in [0.25, 0.3) is 5.91 Å². The number of carbonyl (C=O) groups is 1. The van der Waals surface area contributed by atoms with Crippen molar-refractivity contribution in [1.29, 1.82) is 0 Å². The maximum Gasteiger partial charge on any atom is 0.251 e. The van der Waals surface area contributed by atoms with Gasteiger partial charge < -0.3 is 16.2 Å². The maximum absolute atomic E-state index is 11.9. The van der Waals surface area contributed by atoms with Crippen LogP contribution in [0.15, 0.2) is 24.3 Å². The van der Waals surface area contributed by atoms with Crippen LogP contribution in [0.3, 0.4) is 0 Å². The Labute approximate surface area is 107 Å². The summed E-state index contributed by atoms with van der Waals surface area (Å²) >= 11 is 0. The molecule has 0 bridgehead atoms. The molecular weight excluding hydrogens is 228 g/mol. The van der Waals surface area contributed by atoms with Crippen LogP contribution >= 0.6 is 0 Å². The summed E-state index contributed by atoms with van der Waals surface area (Å²) in [5.41, 5.74) is 6.01. The van der Waals surface area contributed by atoms with E-state index < -0.39 is 5.60 Å². The number of hydrogen-bond donors (Lipinski definition) is 3. The Morgan fingerprint density at radius 3 is 2.72 bits per heavy atom. The quantitative estimate of drug-likeness (QED) is 0.713. The van der Waals surface area contributed by atoms with Gasteiger partial charge >= 0.3 is 0 Å². The Morgan fingerprint density at radius 1 is 1.33 bits per heavy atom. The van der Waals surface area contributed by atoms with E-state index >= 15 is 0 Å². The van der Waals surface area contributed by atoms with Crippen molar-refractivity contribution in [3.05, 3.63) is 29.8 Å². The van der Waals surface area contributed by atoms with Gasteiger partial charge in [0.2, 0.25) is 0 Å². The Bertz CT molecular complexity index is 426. The van der Waals surface area contributed by atoms with Gasteiger partial charge in [0.05, 0.1) is 5.60 Å². The predicted molar refractivity (Wildman–Crippen MR) is 71.2 cm³/mol. The summed E-state index contributed by atoms with van der Waals surface area (Å²) in [6, 6.07) is 6.85. The summed E-state index contributed by atoms with van der Waals surface area (Å²) in [5, 5.41) is 13.1. The number of nitrogens with one attached hydrogen (secondary N) is 1. The highest BCUT2D eigenvalue weighted by atomic mass is 16.3. The monoisotopic (exact) mass is 248 g/mol. The fraction of sp³-hybridized carbons (Fsp3) is 0.500. The van der Waals surface area contributed by atoms with Crippen LogP contribution in [0.1, 0.15) is 42.5 Å².